The Morgan fingerprint density at radius 2 is 1.73 bits per heavy atom. The standard InChI is InChI=1S/C30H38N6O/c1-5-28(29-32-33-34-36(29)26-9-7-6-8-10-26)35(18-23-13-11-20(2)12-14-23)19-25-17-24-15-21(3)22(4)16-27(24)31-30(25)37/h11-17,26,28H,5-10,18-19H2,1-4H3,(H,31,37). The second kappa shape index (κ2) is 11.0. The normalized spacial score (nSPS) is 15.5. The van der Waals surface area contributed by atoms with E-state index >= 15 is 0 Å². The van der Waals surface area contributed by atoms with Crippen LogP contribution in [0.4, 0.5) is 0 Å². The highest BCUT2D eigenvalue weighted by Crippen LogP contribution is 2.33. The molecule has 4 aromatic rings. The highest BCUT2D eigenvalue weighted by Gasteiger charge is 2.29. The first-order chi connectivity index (χ1) is 17.9. The van der Waals surface area contributed by atoms with E-state index in [0.29, 0.717) is 19.1 Å². The zero-order valence-electron chi connectivity index (χ0n) is 22.5. The predicted octanol–water partition coefficient (Wildman–Crippen LogP) is 6.10. The number of pyridine rings is 1. The molecule has 37 heavy (non-hydrogen) atoms. The Kier molecular flexibility index (Phi) is 7.51. The highest BCUT2D eigenvalue weighted by atomic mass is 16.1. The Morgan fingerprint density at radius 3 is 2.46 bits per heavy atom. The number of fused-ring (bicyclic) bond motifs is 1. The Bertz CT molecular complexity index is 1410. The van der Waals surface area contributed by atoms with Gasteiger partial charge in [-0.1, -0.05) is 56.0 Å². The number of hydrogen-bond donors (Lipinski definition) is 1. The van der Waals surface area contributed by atoms with E-state index in [1.165, 1.54) is 41.5 Å². The van der Waals surface area contributed by atoms with E-state index in [4.69, 9.17) is 0 Å². The zero-order chi connectivity index (χ0) is 25.9. The minimum Gasteiger partial charge on any atom is -0.322 e. The molecule has 194 valence electrons. The Hall–Kier alpha value is -3.32. The van der Waals surface area contributed by atoms with Crippen LogP contribution in [-0.4, -0.2) is 30.1 Å². The number of hydrogen-bond acceptors (Lipinski definition) is 5. The number of tetrazole rings is 1. The van der Waals surface area contributed by atoms with Crippen LogP contribution in [0.2, 0.25) is 0 Å². The maximum Gasteiger partial charge on any atom is 0.252 e. The second-order valence-corrected chi connectivity index (χ2v) is 10.7. The first-order valence-electron chi connectivity index (χ1n) is 13.6. The third-order valence-corrected chi connectivity index (χ3v) is 7.98. The molecule has 2 heterocycles. The molecule has 1 fully saturated rings. The maximum absolute atomic E-state index is 13.2. The molecule has 1 saturated carbocycles. The van der Waals surface area contributed by atoms with Gasteiger partial charge in [0.15, 0.2) is 5.82 Å². The average Bonchev–Trinajstić information content (AvgIpc) is 3.37. The van der Waals surface area contributed by atoms with Gasteiger partial charge in [0, 0.05) is 24.2 Å². The van der Waals surface area contributed by atoms with Crippen molar-refractivity contribution >= 4 is 10.9 Å². The van der Waals surface area contributed by atoms with Crippen LogP contribution in [0.5, 0.6) is 0 Å². The fraction of sp³-hybridized carbons (Fsp3) is 0.467. The lowest BCUT2D eigenvalue weighted by molar-refractivity contribution is 0.155. The van der Waals surface area contributed by atoms with Crippen molar-refractivity contribution in [2.24, 2.45) is 0 Å². The number of aromatic nitrogens is 5. The van der Waals surface area contributed by atoms with Crippen molar-refractivity contribution in [1.82, 2.24) is 30.1 Å². The van der Waals surface area contributed by atoms with E-state index < -0.39 is 0 Å². The van der Waals surface area contributed by atoms with Gasteiger partial charge in [0.05, 0.1) is 12.1 Å². The van der Waals surface area contributed by atoms with Crippen LogP contribution < -0.4 is 5.56 Å². The summed E-state index contributed by atoms with van der Waals surface area (Å²) in [5.74, 6) is 0.908. The summed E-state index contributed by atoms with van der Waals surface area (Å²) in [4.78, 5) is 18.7. The predicted molar refractivity (Wildman–Crippen MR) is 147 cm³/mol. The van der Waals surface area contributed by atoms with Crippen LogP contribution in [0.1, 0.15) is 91.2 Å². The summed E-state index contributed by atoms with van der Waals surface area (Å²) < 4.78 is 2.08. The van der Waals surface area contributed by atoms with Crippen LogP contribution in [0.25, 0.3) is 10.9 Å². The van der Waals surface area contributed by atoms with Crippen LogP contribution >= 0.6 is 0 Å². The highest BCUT2D eigenvalue weighted by molar-refractivity contribution is 5.80. The molecule has 1 aliphatic carbocycles. The van der Waals surface area contributed by atoms with Crippen LogP contribution in [0.15, 0.2) is 47.3 Å². The topological polar surface area (TPSA) is 79.7 Å². The van der Waals surface area contributed by atoms with Crippen LogP contribution in [0.3, 0.4) is 0 Å². The lowest BCUT2D eigenvalue weighted by Crippen LogP contribution is -2.33. The second-order valence-electron chi connectivity index (χ2n) is 10.7. The molecule has 1 N–H and O–H groups in total. The van der Waals surface area contributed by atoms with Gasteiger partial charge in [0.1, 0.15) is 0 Å². The van der Waals surface area contributed by atoms with Crippen molar-refractivity contribution in [2.45, 2.75) is 91.4 Å². The summed E-state index contributed by atoms with van der Waals surface area (Å²) in [5, 5.41) is 14.2. The van der Waals surface area contributed by atoms with Gasteiger partial charge in [-0.25, -0.2) is 4.68 Å². The average molecular weight is 499 g/mol. The molecular weight excluding hydrogens is 460 g/mol. The quantitative estimate of drug-likeness (QED) is 0.318. The van der Waals surface area contributed by atoms with Crippen LogP contribution in [0, 0.1) is 20.8 Å². The SMILES string of the molecule is CCC(c1nnnn1C1CCCCC1)N(Cc1ccc(C)cc1)Cc1cc2cc(C)c(C)cc2[nH]c1=O. The fourth-order valence-electron chi connectivity index (χ4n) is 5.67. The van der Waals surface area contributed by atoms with Crippen molar-refractivity contribution in [3.63, 3.8) is 0 Å². The van der Waals surface area contributed by atoms with Crippen molar-refractivity contribution in [3.05, 3.63) is 86.5 Å². The molecule has 0 radical (unpaired) electrons. The summed E-state index contributed by atoms with van der Waals surface area (Å²) in [6.07, 6.45) is 6.82. The molecule has 0 spiro atoms. The van der Waals surface area contributed by atoms with Crippen molar-refractivity contribution in [3.8, 4) is 0 Å². The summed E-state index contributed by atoms with van der Waals surface area (Å²) in [6, 6.07) is 15.3. The lowest BCUT2D eigenvalue weighted by atomic mass is 9.95. The maximum atomic E-state index is 13.2. The largest absolute Gasteiger partial charge is 0.322 e. The van der Waals surface area contributed by atoms with E-state index in [1.54, 1.807) is 0 Å². The Labute approximate surface area is 218 Å². The number of aryl methyl sites for hydroxylation is 3. The number of benzene rings is 2. The Balaban J connectivity index is 1.53. The molecule has 0 bridgehead atoms. The molecular formula is C30H38N6O. The summed E-state index contributed by atoms with van der Waals surface area (Å²) >= 11 is 0. The summed E-state index contributed by atoms with van der Waals surface area (Å²) in [5.41, 5.74) is 6.46. The lowest BCUT2D eigenvalue weighted by Gasteiger charge is -2.32. The van der Waals surface area contributed by atoms with E-state index in [1.807, 2.05) is 0 Å². The third-order valence-electron chi connectivity index (χ3n) is 7.98. The van der Waals surface area contributed by atoms with Gasteiger partial charge in [-0.15, -0.1) is 5.10 Å². The number of rotatable bonds is 8. The Morgan fingerprint density at radius 1 is 1.00 bits per heavy atom. The van der Waals surface area contributed by atoms with Gasteiger partial charge in [-0.2, -0.15) is 0 Å². The van der Waals surface area contributed by atoms with E-state index in [0.717, 1.165) is 41.6 Å². The number of H-pyrrole nitrogens is 1. The first-order valence-corrected chi connectivity index (χ1v) is 13.6. The molecule has 1 unspecified atom stereocenters. The van der Waals surface area contributed by atoms with Crippen molar-refractivity contribution < 1.29 is 0 Å². The molecule has 7 nitrogen and oxygen atoms in total. The molecule has 0 aliphatic heterocycles. The van der Waals surface area contributed by atoms with Gasteiger partial charge in [-0.3, -0.25) is 9.69 Å². The molecule has 2 aromatic heterocycles. The first kappa shape index (κ1) is 25.3. The van der Waals surface area contributed by atoms with E-state index in [-0.39, 0.29) is 11.6 Å². The van der Waals surface area contributed by atoms with Crippen molar-refractivity contribution in [1.29, 1.82) is 0 Å². The number of nitrogens with zero attached hydrogens (tertiary/aromatic N) is 5. The zero-order valence-corrected chi connectivity index (χ0v) is 22.5. The van der Waals surface area contributed by atoms with Gasteiger partial charge in [0.25, 0.3) is 5.56 Å². The molecule has 1 atom stereocenters. The molecule has 1 aliphatic rings. The molecule has 0 saturated heterocycles. The fourth-order valence-corrected chi connectivity index (χ4v) is 5.67. The smallest absolute Gasteiger partial charge is 0.252 e. The molecule has 7 heteroatoms. The van der Waals surface area contributed by atoms with E-state index in [9.17, 15) is 4.79 Å². The molecule has 5 rings (SSSR count). The van der Waals surface area contributed by atoms with E-state index in [2.05, 4.69) is 100 Å². The van der Waals surface area contributed by atoms with Gasteiger partial charge in [-0.05, 0) is 90.7 Å². The van der Waals surface area contributed by atoms with Gasteiger partial charge in [0.2, 0.25) is 0 Å². The minimum absolute atomic E-state index is 0.00641. The molecule has 2 aromatic carbocycles. The number of nitrogens with one attached hydrogen (secondary N) is 1. The monoisotopic (exact) mass is 498 g/mol. The van der Waals surface area contributed by atoms with Gasteiger partial charge >= 0.3 is 0 Å². The van der Waals surface area contributed by atoms with Gasteiger partial charge < -0.3 is 4.98 Å². The van der Waals surface area contributed by atoms with Crippen LogP contribution in [-0.2, 0) is 13.1 Å². The minimum atomic E-state index is -0.0358. The van der Waals surface area contributed by atoms with Crippen molar-refractivity contribution in [2.75, 3.05) is 0 Å². The summed E-state index contributed by atoms with van der Waals surface area (Å²) in [7, 11) is 0. The summed E-state index contributed by atoms with van der Waals surface area (Å²) in [6.45, 7) is 9.70. The number of aromatic amines is 1. The third kappa shape index (κ3) is 5.52. The molecule has 0 amide bonds.